The third-order valence-corrected chi connectivity index (χ3v) is 6.42. The molecule has 0 N–H and O–H groups in total. The van der Waals surface area contributed by atoms with E-state index in [1.807, 2.05) is 20.8 Å². The molecule has 0 radical (unpaired) electrons. The quantitative estimate of drug-likeness (QED) is 0.176. The highest BCUT2D eigenvalue weighted by Crippen LogP contribution is 2.45. The topological polar surface area (TPSA) is 74.8 Å². The van der Waals surface area contributed by atoms with Crippen molar-refractivity contribution in [2.24, 2.45) is 4.99 Å². The lowest BCUT2D eigenvalue weighted by Crippen LogP contribution is -2.29. The molecule has 0 saturated heterocycles. The molecule has 218 valence electrons. The van der Waals surface area contributed by atoms with Gasteiger partial charge in [-0.1, -0.05) is 39.5 Å². The van der Waals surface area contributed by atoms with E-state index in [0.717, 1.165) is 17.3 Å². The maximum absolute atomic E-state index is 15.1. The summed E-state index contributed by atoms with van der Waals surface area (Å²) < 4.78 is 88.8. The van der Waals surface area contributed by atoms with E-state index in [2.05, 4.69) is 21.8 Å². The molecule has 7 nitrogen and oxygen atoms in total. The van der Waals surface area contributed by atoms with Crippen LogP contribution in [0.2, 0.25) is 0 Å². The minimum absolute atomic E-state index is 0.132. The van der Waals surface area contributed by atoms with Crippen LogP contribution in [0.3, 0.4) is 0 Å². The molecule has 4 rings (SSSR count). The van der Waals surface area contributed by atoms with Gasteiger partial charge in [0.2, 0.25) is 11.8 Å². The van der Waals surface area contributed by atoms with E-state index in [1.54, 1.807) is 24.3 Å². The van der Waals surface area contributed by atoms with Crippen molar-refractivity contribution in [2.75, 3.05) is 16.8 Å². The maximum Gasteiger partial charge on any atom is 0.432 e. The molecule has 1 aliphatic rings. The van der Waals surface area contributed by atoms with Gasteiger partial charge in [0.25, 0.3) is 11.8 Å². The molecule has 1 amide bonds. The van der Waals surface area contributed by atoms with Crippen LogP contribution in [0.4, 0.5) is 37.7 Å². The van der Waals surface area contributed by atoms with Crippen molar-refractivity contribution in [3.05, 3.63) is 71.5 Å². The average molecular weight is 580 g/mol. The molecule has 41 heavy (non-hydrogen) atoms. The third-order valence-electron chi connectivity index (χ3n) is 6.42. The van der Waals surface area contributed by atoms with Crippen LogP contribution in [0.1, 0.15) is 50.6 Å². The van der Waals surface area contributed by atoms with Crippen LogP contribution >= 0.6 is 0 Å². The van der Waals surface area contributed by atoms with Crippen molar-refractivity contribution >= 4 is 23.6 Å². The van der Waals surface area contributed by atoms with Crippen molar-refractivity contribution in [2.45, 2.75) is 57.7 Å². The van der Waals surface area contributed by atoms with Crippen molar-refractivity contribution in [3.8, 4) is 11.5 Å². The van der Waals surface area contributed by atoms with Gasteiger partial charge in [0.1, 0.15) is 11.5 Å². The van der Waals surface area contributed by atoms with E-state index >= 15 is 13.2 Å². The zero-order valence-electron chi connectivity index (χ0n) is 22.7. The van der Waals surface area contributed by atoms with Crippen molar-refractivity contribution in [3.63, 3.8) is 0 Å². The number of anilines is 2. The molecule has 0 bridgehead atoms. The summed E-state index contributed by atoms with van der Waals surface area (Å²) in [6.45, 7) is 8.19. The fourth-order valence-electron chi connectivity index (χ4n) is 4.03. The summed E-state index contributed by atoms with van der Waals surface area (Å²) in [4.78, 5) is 18.9. The summed E-state index contributed by atoms with van der Waals surface area (Å²) in [5.74, 6) is -5.06. The summed E-state index contributed by atoms with van der Waals surface area (Å²) >= 11 is 0. The van der Waals surface area contributed by atoms with E-state index in [0.29, 0.717) is 17.3 Å². The number of alkyl halides is 5. The van der Waals surface area contributed by atoms with Gasteiger partial charge in [0, 0.05) is 36.6 Å². The number of allylic oxidation sites excluding steroid dienone is 1. The molecule has 1 aliphatic heterocycles. The van der Waals surface area contributed by atoms with Gasteiger partial charge in [0.05, 0.1) is 24.1 Å². The Morgan fingerprint density at radius 3 is 2.41 bits per heavy atom. The SMILES string of the molecule is C=C(N=CN(C)c1ccc(CN2C(=O)CCC(F)(F)c3cc(F)c(-c4nnc(C(C)(C)C)o4)cc32)cc1)C(F)(F)F. The second-order valence-corrected chi connectivity index (χ2v) is 10.7. The molecule has 1 aromatic heterocycles. The number of carbonyl (C=O) groups excluding carboxylic acids is 1. The first-order valence-corrected chi connectivity index (χ1v) is 12.5. The normalized spacial score (nSPS) is 15.7. The van der Waals surface area contributed by atoms with E-state index in [1.165, 1.54) is 11.9 Å². The first-order chi connectivity index (χ1) is 19.0. The zero-order valence-corrected chi connectivity index (χ0v) is 22.7. The van der Waals surface area contributed by atoms with Gasteiger partial charge in [-0.05, 0) is 29.8 Å². The summed E-state index contributed by atoms with van der Waals surface area (Å²) in [5.41, 5.74) is -1.86. The molecular formula is C28H27F6N5O2. The van der Waals surface area contributed by atoms with Gasteiger partial charge in [-0.25, -0.2) is 18.2 Å². The summed E-state index contributed by atoms with van der Waals surface area (Å²) in [5, 5.41) is 7.82. The minimum atomic E-state index is -4.66. The Hall–Kier alpha value is -4.16. The summed E-state index contributed by atoms with van der Waals surface area (Å²) in [6, 6.07) is 8.13. The summed E-state index contributed by atoms with van der Waals surface area (Å²) in [6.07, 6.45) is -4.97. The Morgan fingerprint density at radius 2 is 1.83 bits per heavy atom. The van der Waals surface area contributed by atoms with Crippen LogP contribution in [0.15, 0.2) is 58.1 Å². The Bertz CT molecular complexity index is 1490. The highest BCUT2D eigenvalue weighted by atomic mass is 19.4. The van der Waals surface area contributed by atoms with Crippen LogP contribution in [0.25, 0.3) is 11.5 Å². The van der Waals surface area contributed by atoms with Crippen LogP contribution in [0, 0.1) is 5.82 Å². The number of amides is 1. The number of rotatable bonds is 6. The predicted molar refractivity (Wildman–Crippen MR) is 141 cm³/mol. The molecule has 0 unspecified atom stereocenters. The van der Waals surface area contributed by atoms with Crippen LogP contribution in [0.5, 0.6) is 0 Å². The number of hydrogen-bond donors (Lipinski definition) is 0. The number of hydrogen-bond acceptors (Lipinski definition) is 5. The Labute approximate surface area is 232 Å². The molecule has 0 aliphatic carbocycles. The van der Waals surface area contributed by atoms with Crippen LogP contribution < -0.4 is 9.80 Å². The molecule has 0 atom stereocenters. The number of carbonyl (C=O) groups is 1. The molecule has 3 aromatic rings. The molecule has 2 aromatic carbocycles. The minimum Gasteiger partial charge on any atom is -0.420 e. The smallest absolute Gasteiger partial charge is 0.420 e. The second-order valence-electron chi connectivity index (χ2n) is 10.7. The predicted octanol–water partition coefficient (Wildman–Crippen LogP) is 7.13. The van der Waals surface area contributed by atoms with Gasteiger partial charge < -0.3 is 14.2 Å². The fourth-order valence-corrected chi connectivity index (χ4v) is 4.03. The Kier molecular flexibility index (Phi) is 7.76. The standard InChI is InChI=1S/C28H27F6N5O2/c1-16(28(32,33)34)35-15-38(5)18-8-6-17(7-9-18)14-39-22-12-19(24-36-37-25(41-24)26(2,3)4)21(29)13-20(22)27(30,31)11-10-23(39)40/h6-9,12-13,15H,1,10-11,14H2,2-5H3. The van der Waals surface area contributed by atoms with Crippen molar-refractivity contribution in [1.29, 1.82) is 0 Å². The Morgan fingerprint density at radius 1 is 1.17 bits per heavy atom. The lowest BCUT2D eigenvalue weighted by Gasteiger charge is -2.25. The highest BCUT2D eigenvalue weighted by molar-refractivity contribution is 5.96. The number of halogens is 6. The van der Waals surface area contributed by atoms with Gasteiger partial charge in [0.15, 0.2) is 0 Å². The number of nitrogens with zero attached hydrogens (tertiary/aromatic N) is 5. The number of benzene rings is 2. The number of fused-ring (bicyclic) bond motifs is 1. The van der Waals surface area contributed by atoms with E-state index < -0.39 is 53.3 Å². The average Bonchev–Trinajstić information content (AvgIpc) is 3.37. The van der Waals surface area contributed by atoms with Gasteiger partial charge in [-0.3, -0.25) is 4.79 Å². The van der Waals surface area contributed by atoms with E-state index in [4.69, 9.17) is 4.42 Å². The largest absolute Gasteiger partial charge is 0.432 e. The van der Waals surface area contributed by atoms with Gasteiger partial charge >= 0.3 is 6.18 Å². The van der Waals surface area contributed by atoms with E-state index in [9.17, 15) is 18.0 Å². The molecule has 2 heterocycles. The molecule has 0 saturated carbocycles. The lowest BCUT2D eigenvalue weighted by atomic mass is 9.97. The molecule has 0 spiro atoms. The van der Waals surface area contributed by atoms with Gasteiger partial charge in [-0.2, -0.15) is 13.2 Å². The number of aromatic nitrogens is 2. The zero-order chi connectivity index (χ0) is 30.3. The highest BCUT2D eigenvalue weighted by Gasteiger charge is 2.41. The molecule has 0 fully saturated rings. The molecular weight excluding hydrogens is 552 g/mol. The van der Waals surface area contributed by atoms with Crippen molar-refractivity contribution in [1.82, 2.24) is 10.2 Å². The van der Waals surface area contributed by atoms with Crippen molar-refractivity contribution < 1.29 is 35.6 Å². The lowest BCUT2D eigenvalue weighted by molar-refractivity contribution is -0.120. The third kappa shape index (κ3) is 6.44. The molecule has 13 heteroatoms. The van der Waals surface area contributed by atoms with Crippen LogP contribution in [-0.2, 0) is 22.7 Å². The monoisotopic (exact) mass is 579 g/mol. The Balaban J connectivity index is 1.67. The fraction of sp³-hybridized carbons (Fsp3) is 0.357. The second kappa shape index (κ2) is 10.7. The number of aliphatic imine (C=N–C) groups is 1. The first-order valence-electron chi connectivity index (χ1n) is 12.5. The maximum atomic E-state index is 15.1. The van der Waals surface area contributed by atoms with Crippen LogP contribution in [-0.4, -0.2) is 35.7 Å². The van der Waals surface area contributed by atoms with E-state index in [-0.39, 0.29) is 29.6 Å². The van der Waals surface area contributed by atoms with Gasteiger partial charge in [-0.15, -0.1) is 10.2 Å². The summed E-state index contributed by atoms with van der Waals surface area (Å²) in [7, 11) is 1.48. The first kappa shape index (κ1) is 29.8.